The molecule has 3 fully saturated rings. The molecule has 1 aromatic carbocycles. The van der Waals surface area contributed by atoms with Crippen LogP contribution in [0.2, 0.25) is 0 Å². The third-order valence-corrected chi connectivity index (χ3v) is 8.28. The molecule has 2 amide bonds. The van der Waals surface area contributed by atoms with Crippen molar-refractivity contribution < 1.29 is 23.1 Å². The maximum atomic E-state index is 13.2. The van der Waals surface area contributed by atoms with Crippen LogP contribution >= 0.6 is 0 Å². The van der Waals surface area contributed by atoms with Crippen LogP contribution in [0.4, 0.5) is 0 Å². The molecule has 0 N–H and O–H groups in total. The minimum atomic E-state index is -3.70. The van der Waals surface area contributed by atoms with Crippen LogP contribution in [0.3, 0.4) is 0 Å². The summed E-state index contributed by atoms with van der Waals surface area (Å²) in [7, 11) is -3.70. The maximum Gasteiger partial charge on any atom is 0.248 e. The molecule has 0 aliphatic carbocycles. The first-order valence-electron chi connectivity index (χ1n) is 10.6. The Kier molecular flexibility index (Phi) is 6.24. The summed E-state index contributed by atoms with van der Waals surface area (Å²) in [4.78, 5) is 29.2. The fourth-order valence-electron chi connectivity index (χ4n) is 4.65. The van der Waals surface area contributed by atoms with Crippen molar-refractivity contribution in [3.05, 3.63) is 29.8 Å². The molecule has 4 rings (SSSR count). The van der Waals surface area contributed by atoms with E-state index in [1.165, 1.54) is 4.31 Å². The lowest BCUT2D eigenvalue weighted by Gasteiger charge is -2.41. The molecule has 3 aliphatic rings. The van der Waals surface area contributed by atoms with Gasteiger partial charge < -0.3 is 19.1 Å². The summed E-state index contributed by atoms with van der Waals surface area (Å²) in [6.45, 7) is 4.65. The zero-order chi connectivity index (χ0) is 21.3. The second kappa shape index (κ2) is 8.74. The SMILES string of the molecule is Cc1ccc([S+](=O)([O-])N2CCCC2C(=O)N2CCC(N3CCOCC3=O)CC2)cc1. The first kappa shape index (κ1) is 21.4. The summed E-state index contributed by atoms with van der Waals surface area (Å²) in [5.41, 5.74) is 0.990. The van der Waals surface area contributed by atoms with Crippen LogP contribution in [0.1, 0.15) is 31.2 Å². The van der Waals surface area contributed by atoms with Crippen LogP contribution in [-0.4, -0.2) is 81.9 Å². The number of carbonyl (C=O) groups is 2. The number of carbonyl (C=O) groups excluding carboxylic acids is 2. The number of hydrogen-bond donors (Lipinski definition) is 0. The van der Waals surface area contributed by atoms with E-state index in [1.807, 2.05) is 11.8 Å². The van der Waals surface area contributed by atoms with Gasteiger partial charge in [-0.2, -0.15) is 0 Å². The van der Waals surface area contributed by atoms with Crippen LogP contribution in [0.5, 0.6) is 0 Å². The molecule has 3 saturated heterocycles. The largest absolute Gasteiger partial charge is 0.593 e. The quantitative estimate of drug-likeness (QED) is 0.663. The van der Waals surface area contributed by atoms with E-state index in [-0.39, 0.29) is 29.4 Å². The number of rotatable bonds is 4. The molecule has 0 bridgehead atoms. The van der Waals surface area contributed by atoms with Crippen LogP contribution in [0.25, 0.3) is 0 Å². The Bertz CT molecular complexity index is 838. The highest BCUT2D eigenvalue weighted by molar-refractivity contribution is 7.95. The number of morpholine rings is 1. The summed E-state index contributed by atoms with van der Waals surface area (Å²) in [6.07, 6.45) is 2.66. The van der Waals surface area contributed by atoms with E-state index in [4.69, 9.17) is 4.74 Å². The van der Waals surface area contributed by atoms with Crippen LogP contribution in [-0.2, 0) is 28.9 Å². The highest BCUT2D eigenvalue weighted by Crippen LogP contribution is 2.31. The first-order valence-corrected chi connectivity index (χ1v) is 12.1. The van der Waals surface area contributed by atoms with Gasteiger partial charge in [0.2, 0.25) is 11.8 Å². The predicted molar refractivity (Wildman–Crippen MR) is 110 cm³/mol. The van der Waals surface area contributed by atoms with Gasteiger partial charge in [0.15, 0.2) is 15.3 Å². The molecular formula is C21H29N3O5S. The number of nitrogens with zero attached hydrogens (tertiary/aromatic N) is 3. The Morgan fingerprint density at radius 1 is 1.10 bits per heavy atom. The molecule has 0 spiro atoms. The number of likely N-dealkylation sites (tertiary alicyclic amines) is 1. The molecule has 3 heterocycles. The maximum absolute atomic E-state index is 13.2. The van der Waals surface area contributed by atoms with Gasteiger partial charge in [-0.3, -0.25) is 9.59 Å². The highest BCUT2D eigenvalue weighted by Gasteiger charge is 2.45. The van der Waals surface area contributed by atoms with E-state index in [0.29, 0.717) is 45.6 Å². The average molecular weight is 436 g/mol. The zero-order valence-electron chi connectivity index (χ0n) is 17.3. The van der Waals surface area contributed by atoms with Crippen molar-refractivity contribution in [1.82, 2.24) is 14.1 Å². The number of aryl methyl sites for hydroxylation is 1. The molecule has 9 heteroatoms. The third kappa shape index (κ3) is 4.16. The second-order valence-electron chi connectivity index (χ2n) is 8.28. The van der Waals surface area contributed by atoms with Crippen LogP contribution in [0, 0.1) is 6.92 Å². The van der Waals surface area contributed by atoms with Gasteiger partial charge >= 0.3 is 0 Å². The van der Waals surface area contributed by atoms with Crippen molar-refractivity contribution in [3.8, 4) is 0 Å². The van der Waals surface area contributed by atoms with Gasteiger partial charge in [-0.05, 0) is 44.7 Å². The highest BCUT2D eigenvalue weighted by atomic mass is 32.3. The third-order valence-electron chi connectivity index (χ3n) is 6.36. The van der Waals surface area contributed by atoms with Crippen molar-refractivity contribution in [3.63, 3.8) is 0 Å². The Morgan fingerprint density at radius 3 is 2.47 bits per heavy atom. The van der Waals surface area contributed by atoms with E-state index in [1.54, 1.807) is 29.2 Å². The molecule has 8 nitrogen and oxygen atoms in total. The summed E-state index contributed by atoms with van der Waals surface area (Å²) >= 11 is 0. The van der Waals surface area contributed by atoms with Gasteiger partial charge in [-0.15, -0.1) is 4.31 Å². The smallest absolute Gasteiger partial charge is 0.248 e. The molecule has 30 heavy (non-hydrogen) atoms. The van der Waals surface area contributed by atoms with Crippen molar-refractivity contribution >= 4 is 22.2 Å². The van der Waals surface area contributed by atoms with E-state index < -0.39 is 16.4 Å². The monoisotopic (exact) mass is 435 g/mol. The van der Waals surface area contributed by atoms with E-state index in [2.05, 4.69) is 0 Å². The Morgan fingerprint density at radius 2 is 1.80 bits per heavy atom. The fourth-order valence-corrected chi connectivity index (χ4v) is 6.30. The van der Waals surface area contributed by atoms with Crippen molar-refractivity contribution in [2.75, 3.05) is 39.4 Å². The molecule has 0 aromatic heterocycles. The number of piperidine rings is 1. The molecule has 0 radical (unpaired) electrons. The van der Waals surface area contributed by atoms with Gasteiger partial charge in [-0.1, -0.05) is 21.9 Å². The van der Waals surface area contributed by atoms with Gasteiger partial charge in [0.1, 0.15) is 12.6 Å². The molecule has 1 aromatic rings. The van der Waals surface area contributed by atoms with Gasteiger partial charge in [0, 0.05) is 32.2 Å². The Balaban J connectivity index is 1.41. The number of ether oxygens (including phenoxy) is 1. The summed E-state index contributed by atoms with van der Waals surface area (Å²) in [5.74, 6) is -0.105. The lowest BCUT2D eigenvalue weighted by molar-refractivity contribution is -0.147. The summed E-state index contributed by atoms with van der Waals surface area (Å²) in [6, 6.07) is 6.25. The number of hydrogen-bond acceptors (Lipinski definition) is 5. The van der Waals surface area contributed by atoms with E-state index in [0.717, 1.165) is 18.4 Å². The number of amides is 2. The lowest BCUT2D eigenvalue weighted by atomic mass is 10.0. The minimum Gasteiger partial charge on any atom is -0.593 e. The number of sulfonamides is 1. The van der Waals surface area contributed by atoms with Crippen LogP contribution < -0.4 is 0 Å². The standard InChI is InChI=1S/C21H29N3O5S/c1-16-4-6-18(7-5-16)30(27,28)24-10-2-3-19(24)21(26)22-11-8-17(9-12-22)23-13-14-29-15-20(23)25/h4-7,17,19H,2-3,8-15H2,1H3. The second-order valence-corrected chi connectivity index (χ2v) is 10.2. The molecule has 164 valence electrons. The predicted octanol–water partition coefficient (Wildman–Crippen LogP) is 1.21. The first-order chi connectivity index (χ1) is 14.4. The van der Waals surface area contributed by atoms with Gasteiger partial charge in [-0.25, -0.2) is 0 Å². The molecule has 2 unspecified atom stereocenters. The minimum absolute atomic E-state index is 0.0113. The van der Waals surface area contributed by atoms with Crippen molar-refractivity contribution in [2.45, 2.75) is 49.6 Å². The molecule has 0 saturated carbocycles. The lowest BCUT2D eigenvalue weighted by Crippen LogP contribution is -2.55. The Hall–Kier alpha value is -1.81. The van der Waals surface area contributed by atoms with E-state index >= 15 is 0 Å². The number of benzene rings is 1. The van der Waals surface area contributed by atoms with Crippen molar-refractivity contribution in [2.24, 2.45) is 0 Å². The normalized spacial score (nSPS) is 26.1. The van der Waals surface area contributed by atoms with Gasteiger partial charge in [0.25, 0.3) is 0 Å². The summed E-state index contributed by atoms with van der Waals surface area (Å²) in [5, 5.41) is 0. The van der Waals surface area contributed by atoms with Crippen molar-refractivity contribution in [1.29, 1.82) is 0 Å². The Labute approximate surface area is 178 Å². The van der Waals surface area contributed by atoms with Crippen LogP contribution in [0.15, 0.2) is 29.2 Å². The fraction of sp³-hybridized carbons (Fsp3) is 0.619. The summed E-state index contributed by atoms with van der Waals surface area (Å²) < 4.78 is 32.8. The van der Waals surface area contributed by atoms with Gasteiger partial charge in [0.05, 0.1) is 6.61 Å². The molecular weight excluding hydrogens is 406 g/mol. The average Bonchev–Trinajstić information content (AvgIpc) is 3.25. The zero-order valence-corrected chi connectivity index (χ0v) is 18.1. The molecule has 2 atom stereocenters. The molecule has 3 aliphatic heterocycles. The van der Waals surface area contributed by atoms with E-state index in [9.17, 15) is 18.4 Å². The topological polar surface area (TPSA) is 93.2 Å².